The molecule has 2 aromatic rings. The van der Waals surface area contributed by atoms with E-state index in [9.17, 15) is 0 Å². The number of hydrogen-bond acceptors (Lipinski definition) is 6. The number of anilines is 1. The standard InChI is InChI=1S/C14H18N6O/c1-5-7-16-11-17-12(20-9-8-15-10-20)19-13(18-11)21-14(3,4)6-2/h2,8-10H,5,7H2,1,3-4H3,(H,16,17,18,19). The van der Waals surface area contributed by atoms with Crippen LogP contribution >= 0.6 is 0 Å². The van der Waals surface area contributed by atoms with Crippen molar-refractivity contribution < 1.29 is 4.74 Å². The van der Waals surface area contributed by atoms with Crippen molar-refractivity contribution in [1.29, 1.82) is 0 Å². The first-order chi connectivity index (χ1) is 10.0. The zero-order valence-electron chi connectivity index (χ0n) is 12.4. The number of terminal acetylenes is 1. The van der Waals surface area contributed by atoms with Crippen LogP contribution in [0.25, 0.3) is 5.95 Å². The predicted molar refractivity (Wildman–Crippen MR) is 79.3 cm³/mol. The number of hydrogen-bond donors (Lipinski definition) is 1. The maximum atomic E-state index is 5.64. The molecule has 2 rings (SSSR count). The monoisotopic (exact) mass is 286 g/mol. The molecule has 0 aromatic carbocycles. The summed E-state index contributed by atoms with van der Waals surface area (Å²) in [5.74, 6) is 3.41. The highest BCUT2D eigenvalue weighted by Crippen LogP contribution is 2.16. The molecule has 7 heteroatoms. The molecule has 0 saturated carbocycles. The van der Waals surface area contributed by atoms with E-state index in [0.717, 1.165) is 13.0 Å². The minimum absolute atomic E-state index is 0.176. The third-order valence-corrected chi connectivity index (χ3v) is 2.57. The lowest BCUT2D eigenvalue weighted by Gasteiger charge is -2.19. The molecule has 2 heterocycles. The van der Waals surface area contributed by atoms with Gasteiger partial charge in [0.1, 0.15) is 6.33 Å². The number of nitrogens with zero attached hydrogens (tertiary/aromatic N) is 5. The van der Waals surface area contributed by atoms with E-state index in [-0.39, 0.29) is 6.01 Å². The van der Waals surface area contributed by atoms with E-state index >= 15 is 0 Å². The molecule has 0 aliphatic heterocycles. The molecule has 2 aromatic heterocycles. The van der Waals surface area contributed by atoms with Crippen molar-refractivity contribution >= 4 is 5.95 Å². The lowest BCUT2D eigenvalue weighted by atomic mass is 10.2. The molecule has 0 unspecified atom stereocenters. The highest BCUT2D eigenvalue weighted by Gasteiger charge is 2.19. The van der Waals surface area contributed by atoms with Crippen LogP contribution in [0.15, 0.2) is 18.7 Å². The Balaban J connectivity index is 2.35. The number of aromatic nitrogens is 5. The first-order valence-corrected chi connectivity index (χ1v) is 6.69. The molecule has 110 valence electrons. The summed E-state index contributed by atoms with van der Waals surface area (Å²) in [7, 11) is 0. The molecule has 0 atom stereocenters. The molecule has 1 N–H and O–H groups in total. The van der Waals surface area contributed by atoms with Crippen LogP contribution in [-0.4, -0.2) is 36.6 Å². The Morgan fingerprint density at radius 2 is 2.19 bits per heavy atom. The van der Waals surface area contributed by atoms with Crippen molar-refractivity contribution in [1.82, 2.24) is 24.5 Å². The quantitative estimate of drug-likeness (QED) is 0.814. The summed E-state index contributed by atoms with van der Waals surface area (Å²) < 4.78 is 7.31. The summed E-state index contributed by atoms with van der Waals surface area (Å²) >= 11 is 0. The second kappa shape index (κ2) is 6.22. The van der Waals surface area contributed by atoms with Crippen molar-refractivity contribution in [3.8, 4) is 24.3 Å². The average molecular weight is 286 g/mol. The minimum Gasteiger partial charge on any atom is -0.444 e. The fourth-order valence-corrected chi connectivity index (χ4v) is 1.46. The Hall–Kier alpha value is -2.62. The summed E-state index contributed by atoms with van der Waals surface area (Å²) in [5.41, 5.74) is -0.796. The normalized spacial score (nSPS) is 11.0. The maximum Gasteiger partial charge on any atom is 0.324 e. The van der Waals surface area contributed by atoms with Crippen LogP contribution < -0.4 is 10.1 Å². The van der Waals surface area contributed by atoms with E-state index in [1.165, 1.54) is 0 Å². The number of ether oxygens (including phenoxy) is 1. The van der Waals surface area contributed by atoms with Crippen molar-refractivity contribution in [2.24, 2.45) is 0 Å². The Labute approximate surface area is 123 Å². The molecular formula is C14H18N6O. The van der Waals surface area contributed by atoms with Gasteiger partial charge in [0.25, 0.3) is 0 Å². The Bertz CT molecular complexity index is 629. The summed E-state index contributed by atoms with van der Waals surface area (Å²) in [5, 5.41) is 3.11. The summed E-state index contributed by atoms with van der Waals surface area (Å²) in [6, 6.07) is 0.176. The van der Waals surface area contributed by atoms with Crippen LogP contribution in [0.5, 0.6) is 6.01 Å². The van der Waals surface area contributed by atoms with Gasteiger partial charge >= 0.3 is 6.01 Å². The molecular weight excluding hydrogens is 268 g/mol. The SMILES string of the molecule is C#CC(C)(C)Oc1nc(NCCC)nc(-n2ccnc2)n1. The van der Waals surface area contributed by atoms with Crippen LogP contribution in [0.2, 0.25) is 0 Å². The van der Waals surface area contributed by atoms with Gasteiger partial charge in [0, 0.05) is 18.9 Å². The van der Waals surface area contributed by atoms with Gasteiger partial charge in [0.05, 0.1) is 0 Å². The highest BCUT2D eigenvalue weighted by molar-refractivity contribution is 5.30. The van der Waals surface area contributed by atoms with Crippen LogP contribution in [0.1, 0.15) is 27.2 Å². The van der Waals surface area contributed by atoms with Gasteiger partial charge in [-0.05, 0) is 20.3 Å². The Kier molecular flexibility index (Phi) is 4.38. The first-order valence-electron chi connectivity index (χ1n) is 6.69. The number of nitrogens with one attached hydrogen (secondary N) is 1. The average Bonchev–Trinajstić information content (AvgIpc) is 2.98. The maximum absolute atomic E-state index is 5.64. The van der Waals surface area contributed by atoms with Gasteiger partial charge in [-0.15, -0.1) is 6.42 Å². The molecule has 0 radical (unpaired) electrons. The van der Waals surface area contributed by atoms with Crippen molar-refractivity contribution in [3.63, 3.8) is 0 Å². The fourth-order valence-electron chi connectivity index (χ4n) is 1.46. The van der Waals surface area contributed by atoms with Crippen LogP contribution in [0, 0.1) is 12.3 Å². The molecule has 0 saturated heterocycles. The lowest BCUT2D eigenvalue weighted by molar-refractivity contribution is 0.156. The van der Waals surface area contributed by atoms with E-state index in [4.69, 9.17) is 11.2 Å². The first kappa shape index (κ1) is 14.8. The largest absolute Gasteiger partial charge is 0.444 e. The van der Waals surface area contributed by atoms with Gasteiger partial charge in [0.2, 0.25) is 11.9 Å². The summed E-state index contributed by atoms with van der Waals surface area (Å²) in [6.07, 6.45) is 11.4. The smallest absolute Gasteiger partial charge is 0.324 e. The Morgan fingerprint density at radius 1 is 1.38 bits per heavy atom. The van der Waals surface area contributed by atoms with Crippen LogP contribution in [0.3, 0.4) is 0 Å². The van der Waals surface area contributed by atoms with E-state index in [0.29, 0.717) is 11.9 Å². The van der Waals surface area contributed by atoms with Gasteiger partial charge < -0.3 is 10.1 Å². The number of rotatable bonds is 6. The molecule has 0 aliphatic rings. The van der Waals surface area contributed by atoms with Gasteiger partial charge in [0.15, 0.2) is 5.60 Å². The number of imidazole rings is 1. The summed E-state index contributed by atoms with van der Waals surface area (Å²) in [4.78, 5) is 16.8. The van der Waals surface area contributed by atoms with Crippen molar-refractivity contribution in [2.75, 3.05) is 11.9 Å². The molecule has 0 spiro atoms. The van der Waals surface area contributed by atoms with E-state index in [1.54, 1.807) is 37.1 Å². The molecule has 0 fully saturated rings. The molecule has 0 aliphatic carbocycles. The van der Waals surface area contributed by atoms with Gasteiger partial charge in [-0.3, -0.25) is 4.57 Å². The predicted octanol–water partition coefficient (Wildman–Crippen LogP) is 1.67. The van der Waals surface area contributed by atoms with Gasteiger partial charge in [-0.2, -0.15) is 15.0 Å². The molecule has 0 bridgehead atoms. The van der Waals surface area contributed by atoms with E-state index < -0.39 is 5.60 Å². The molecule has 7 nitrogen and oxygen atoms in total. The minimum atomic E-state index is -0.796. The van der Waals surface area contributed by atoms with Crippen molar-refractivity contribution in [3.05, 3.63) is 18.7 Å². The van der Waals surface area contributed by atoms with E-state index in [1.807, 2.05) is 0 Å². The highest BCUT2D eigenvalue weighted by atomic mass is 16.5. The van der Waals surface area contributed by atoms with Crippen molar-refractivity contribution in [2.45, 2.75) is 32.8 Å². The molecule has 21 heavy (non-hydrogen) atoms. The summed E-state index contributed by atoms with van der Waals surface area (Å²) in [6.45, 7) is 6.36. The van der Waals surface area contributed by atoms with Gasteiger partial charge in [-0.25, -0.2) is 4.98 Å². The molecule has 0 amide bonds. The van der Waals surface area contributed by atoms with Gasteiger partial charge in [-0.1, -0.05) is 12.8 Å². The zero-order chi connectivity index (χ0) is 15.3. The fraction of sp³-hybridized carbons (Fsp3) is 0.429. The van der Waals surface area contributed by atoms with Crippen LogP contribution in [0.4, 0.5) is 5.95 Å². The zero-order valence-corrected chi connectivity index (χ0v) is 12.4. The topological polar surface area (TPSA) is 77.8 Å². The third kappa shape index (κ3) is 3.92. The second-order valence-corrected chi connectivity index (χ2v) is 4.90. The van der Waals surface area contributed by atoms with Crippen LogP contribution in [-0.2, 0) is 0 Å². The Morgan fingerprint density at radius 3 is 2.81 bits per heavy atom. The second-order valence-electron chi connectivity index (χ2n) is 4.90. The third-order valence-electron chi connectivity index (χ3n) is 2.57. The lowest BCUT2D eigenvalue weighted by Crippen LogP contribution is -2.27. The van der Waals surface area contributed by atoms with E-state index in [2.05, 4.69) is 38.1 Å².